The fraction of sp³-hybridized carbons (Fsp3) is 0.440. The Labute approximate surface area is 223 Å². The fourth-order valence-electron chi connectivity index (χ4n) is 4.38. The molecule has 14 heteroatoms. The molecule has 2 heterocycles. The SMILES string of the molecule is NC(=O)CCC(NC(=O)C(Cc1c[nH]c2ccccc12)NC(=O)C(CC(=O)O)NC(=O)C1CCCN1)C(=O)O. The summed E-state index contributed by atoms with van der Waals surface area (Å²) < 4.78 is 0. The van der Waals surface area contributed by atoms with E-state index in [0.717, 1.165) is 17.3 Å². The third kappa shape index (κ3) is 8.26. The van der Waals surface area contributed by atoms with E-state index in [2.05, 4.69) is 26.3 Å². The van der Waals surface area contributed by atoms with Crippen LogP contribution in [0.1, 0.15) is 37.7 Å². The molecule has 1 fully saturated rings. The third-order valence-corrected chi connectivity index (χ3v) is 6.41. The van der Waals surface area contributed by atoms with Gasteiger partial charge in [-0.1, -0.05) is 18.2 Å². The quantitative estimate of drug-likeness (QED) is 0.142. The lowest BCUT2D eigenvalue weighted by Crippen LogP contribution is -2.58. The van der Waals surface area contributed by atoms with Crippen LogP contribution < -0.4 is 27.0 Å². The molecule has 3 rings (SSSR count). The highest BCUT2D eigenvalue weighted by Crippen LogP contribution is 2.19. The average molecular weight is 545 g/mol. The number of aromatic nitrogens is 1. The van der Waals surface area contributed by atoms with Crippen LogP contribution in [0.4, 0.5) is 0 Å². The maximum Gasteiger partial charge on any atom is 0.326 e. The number of aromatic amines is 1. The molecule has 0 radical (unpaired) electrons. The number of rotatable bonds is 14. The number of primary amides is 1. The van der Waals surface area contributed by atoms with Gasteiger partial charge in [-0.05, 0) is 37.4 Å². The van der Waals surface area contributed by atoms with Gasteiger partial charge >= 0.3 is 11.9 Å². The Morgan fingerprint density at radius 2 is 1.67 bits per heavy atom. The topological polar surface area (TPSA) is 233 Å². The smallest absolute Gasteiger partial charge is 0.326 e. The Morgan fingerprint density at radius 3 is 2.31 bits per heavy atom. The number of carbonyl (C=O) groups is 6. The van der Waals surface area contributed by atoms with Gasteiger partial charge in [0, 0.05) is 29.9 Å². The minimum atomic E-state index is -1.49. The summed E-state index contributed by atoms with van der Waals surface area (Å²) in [6.45, 7) is 0.612. The Kier molecular flexibility index (Phi) is 9.98. The molecule has 1 aliphatic heterocycles. The van der Waals surface area contributed by atoms with Gasteiger partial charge in [0.25, 0.3) is 0 Å². The predicted molar refractivity (Wildman–Crippen MR) is 137 cm³/mol. The van der Waals surface area contributed by atoms with Crippen LogP contribution in [0.15, 0.2) is 30.5 Å². The summed E-state index contributed by atoms with van der Waals surface area (Å²) >= 11 is 0. The number of hydrogen-bond donors (Lipinski definition) is 8. The summed E-state index contributed by atoms with van der Waals surface area (Å²) in [5.41, 5.74) is 6.50. The zero-order valence-corrected chi connectivity index (χ0v) is 21.1. The average Bonchev–Trinajstić information content (AvgIpc) is 3.56. The normalized spacial score (nSPS) is 17.1. The Hall–Kier alpha value is -4.46. The molecule has 0 spiro atoms. The minimum absolute atomic E-state index is 0.0817. The molecule has 1 aromatic carbocycles. The lowest BCUT2D eigenvalue weighted by atomic mass is 10.0. The number of nitrogens with one attached hydrogen (secondary N) is 5. The van der Waals surface area contributed by atoms with Gasteiger partial charge in [0.15, 0.2) is 0 Å². The number of para-hydroxylation sites is 1. The van der Waals surface area contributed by atoms with E-state index in [9.17, 15) is 39.0 Å². The number of hydrogen-bond acceptors (Lipinski definition) is 7. The zero-order chi connectivity index (χ0) is 28.5. The maximum atomic E-state index is 13.2. The van der Waals surface area contributed by atoms with Crippen LogP contribution in [0.5, 0.6) is 0 Å². The van der Waals surface area contributed by atoms with E-state index in [-0.39, 0.29) is 19.3 Å². The van der Waals surface area contributed by atoms with Gasteiger partial charge in [0.05, 0.1) is 12.5 Å². The molecule has 1 aliphatic rings. The third-order valence-electron chi connectivity index (χ3n) is 6.41. The predicted octanol–water partition coefficient (Wildman–Crippen LogP) is -1.26. The van der Waals surface area contributed by atoms with Crippen molar-refractivity contribution < 1.29 is 39.0 Å². The van der Waals surface area contributed by atoms with Crippen LogP contribution in [0, 0.1) is 0 Å². The first kappa shape index (κ1) is 29.1. The van der Waals surface area contributed by atoms with E-state index < -0.39 is 66.2 Å². The number of aliphatic carboxylic acids is 2. The number of carboxylic acids is 2. The molecule has 39 heavy (non-hydrogen) atoms. The summed E-state index contributed by atoms with van der Waals surface area (Å²) in [6, 6.07) is 2.34. The molecule has 1 saturated heterocycles. The van der Waals surface area contributed by atoms with E-state index in [1.807, 2.05) is 12.1 Å². The largest absolute Gasteiger partial charge is 0.481 e. The lowest BCUT2D eigenvalue weighted by Gasteiger charge is -2.24. The summed E-state index contributed by atoms with van der Waals surface area (Å²) in [4.78, 5) is 76.4. The minimum Gasteiger partial charge on any atom is -0.481 e. The van der Waals surface area contributed by atoms with Crippen molar-refractivity contribution in [2.24, 2.45) is 5.73 Å². The second-order valence-corrected chi connectivity index (χ2v) is 9.34. The van der Waals surface area contributed by atoms with Crippen LogP contribution >= 0.6 is 0 Å². The molecule has 4 atom stereocenters. The van der Waals surface area contributed by atoms with E-state index in [4.69, 9.17) is 5.73 Å². The Morgan fingerprint density at radius 1 is 0.974 bits per heavy atom. The molecular weight excluding hydrogens is 512 g/mol. The molecule has 9 N–H and O–H groups in total. The molecule has 14 nitrogen and oxygen atoms in total. The van der Waals surface area contributed by atoms with Crippen LogP contribution in [0.25, 0.3) is 10.9 Å². The first-order valence-corrected chi connectivity index (χ1v) is 12.5. The number of nitrogens with two attached hydrogens (primary N) is 1. The number of fused-ring (bicyclic) bond motifs is 1. The molecule has 0 saturated carbocycles. The highest BCUT2D eigenvalue weighted by Gasteiger charge is 2.33. The summed E-state index contributed by atoms with van der Waals surface area (Å²) in [6.07, 6.45) is 1.54. The van der Waals surface area contributed by atoms with Gasteiger partial charge in [-0.2, -0.15) is 0 Å². The summed E-state index contributed by atoms with van der Waals surface area (Å²) in [5.74, 6) is -5.82. The van der Waals surface area contributed by atoms with Crippen molar-refractivity contribution in [2.75, 3.05) is 6.54 Å². The van der Waals surface area contributed by atoms with Crippen LogP contribution in [-0.4, -0.2) is 81.5 Å². The van der Waals surface area contributed by atoms with E-state index in [1.165, 1.54) is 0 Å². The van der Waals surface area contributed by atoms with Gasteiger partial charge in [-0.15, -0.1) is 0 Å². The molecule has 1 aromatic heterocycles. The second kappa shape index (κ2) is 13.4. The molecule has 0 bridgehead atoms. The van der Waals surface area contributed by atoms with Crippen molar-refractivity contribution in [1.82, 2.24) is 26.3 Å². The molecule has 4 amide bonds. The maximum absolute atomic E-state index is 13.2. The van der Waals surface area contributed by atoms with Gasteiger partial charge < -0.3 is 42.2 Å². The highest BCUT2D eigenvalue weighted by atomic mass is 16.4. The first-order chi connectivity index (χ1) is 18.5. The molecule has 4 unspecified atom stereocenters. The number of carboxylic acid groups (broad SMARTS) is 2. The van der Waals surface area contributed by atoms with E-state index in [1.54, 1.807) is 18.3 Å². The van der Waals surface area contributed by atoms with Crippen molar-refractivity contribution in [2.45, 2.75) is 62.7 Å². The zero-order valence-electron chi connectivity index (χ0n) is 21.1. The van der Waals surface area contributed by atoms with Crippen molar-refractivity contribution in [1.29, 1.82) is 0 Å². The fourth-order valence-corrected chi connectivity index (χ4v) is 4.38. The summed E-state index contributed by atoms with van der Waals surface area (Å²) in [7, 11) is 0. The number of carbonyl (C=O) groups excluding carboxylic acids is 4. The van der Waals surface area contributed by atoms with Crippen molar-refractivity contribution in [3.63, 3.8) is 0 Å². The Bertz CT molecular complexity index is 1240. The number of amides is 4. The summed E-state index contributed by atoms with van der Waals surface area (Å²) in [5, 5.41) is 29.8. The van der Waals surface area contributed by atoms with Gasteiger partial charge in [0.1, 0.15) is 18.1 Å². The molecule has 0 aliphatic carbocycles. The lowest BCUT2D eigenvalue weighted by molar-refractivity contribution is -0.143. The second-order valence-electron chi connectivity index (χ2n) is 9.34. The van der Waals surface area contributed by atoms with Crippen molar-refractivity contribution in [3.05, 3.63) is 36.0 Å². The Balaban J connectivity index is 1.83. The number of H-pyrrole nitrogens is 1. The first-order valence-electron chi connectivity index (χ1n) is 12.5. The highest BCUT2D eigenvalue weighted by molar-refractivity contribution is 5.96. The van der Waals surface area contributed by atoms with Crippen LogP contribution in [0.2, 0.25) is 0 Å². The van der Waals surface area contributed by atoms with Gasteiger partial charge in [-0.25, -0.2) is 4.79 Å². The van der Waals surface area contributed by atoms with Gasteiger partial charge in [-0.3, -0.25) is 24.0 Å². The van der Waals surface area contributed by atoms with E-state index >= 15 is 0 Å². The molecule has 210 valence electrons. The molecular formula is C25H32N6O8. The standard InChI is InChI=1S/C25H32N6O8/c26-20(32)8-7-17(25(38)39)29-23(36)18(10-13-12-28-15-5-2-1-4-14(13)15)30-24(37)19(11-21(33)34)31-22(35)16-6-3-9-27-16/h1-2,4-5,12,16-19,27-28H,3,6-11H2,(H2,26,32)(H,29,36)(H,30,37)(H,31,35)(H,33,34)(H,38,39). The van der Waals surface area contributed by atoms with Crippen molar-refractivity contribution in [3.8, 4) is 0 Å². The van der Waals surface area contributed by atoms with Crippen LogP contribution in [0.3, 0.4) is 0 Å². The van der Waals surface area contributed by atoms with Crippen LogP contribution in [-0.2, 0) is 35.2 Å². The molecule has 2 aromatic rings. The number of benzene rings is 1. The van der Waals surface area contributed by atoms with Gasteiger partial charge in [0.2, 0.25) is 23.6 Å². The van der Waals surface area contributed by atoms with E-state index in [0.29, 0.717) is 18.5 Å². The van der Waals surface area contributed by atoms with Crippen molar-refractivity contribution >= 4 is 46.5 Å². The monoisotopic (exact) mass is 544 g/mol.